The summed E-state index contributed by atoms with van der Waals surface area (Å²) in [7, 11) is 3.63. The van der Waals surface area contributed by atoms with Gasteiger partial charge in [-0.2, -0.15) is 0 Å². The number of carbonyl (C=O) groups is 2. The lowest BCUT2D eigenvalue weighted by molar-refractivity contribution is -0.121. The van der Waals surface area contributed by atoms with Gasteiger partial charge in [0.25, 0.3) is 0 Å². The number of hydrogen-bond donors (Lipinski definition) is 1. The lowest BCUT2D eigenvalue weighted by Crippen LogP contribution is -2.24. The number of nitrogens with zero attached hydrogens (tertiary/aromatic N) is 2. The highest BCUT2D eigenvalue weighted by atomic mass is 35.5. The van der Waals surface area contributed by atoms with Crippen molar-refractivity contribution in [3.8, 4) is 17.0 Å². The van der Waals surface area contributed by atoms with Gasteiger partial charge >= 0.3 is 0 Å². The van der Waals surface area contributed by atoms with E-state index < -0.39 is 0 Å². The molecule has 1 amide bonds. The minimum absolute atomic E-state index is 0.0133. The van der Waals surface area contributed by atoms with Crippen molar-refractivity contribution in [2.45, 2.75) is 65.4 Å². The summed E-state index contributed by atoms with van der Waals surface area (Å²) in [4.78, 5) is 30.2. The number of imidazole rings is 1. The molecule has 1 N–H and O–H groups in total. The minimum atomic E-state index is -0.147. The number of hydrogen-bond acceptors (Lipinski definition) is 4. The molecule has 6 nitrogen and oxygen atoms in total. The van der Waals surface area contributed by atoms with Gasteiger partial charge in [0.05, 0.1) is 16.8 Å². The molecule has 0 aliphatic rings. The number of ketones is 1. The Bertz CT molecular complexity index is 1240. The number of benzene rings is 2. The highest BCUT2D eigenvalue weighted by molar-refractivity contribution is 6.32. The molecular weight excluding hydrogens is 486 g/mol. The lowest BCUT2D eigenvalue weighted by atomic mass is 9.89. The van der Waals surface area contributed by atoms with Gasteiger partial charge in [0.15, 0.2) is 5.78 Å². The van der Waals surface area contributed by atoms with Crippen LogP contribution in [0.2, 0.25) is 5.02 Å². The first kappa shape index (κ1) is 28.5. The van der Waals surface area contributed by atoms with Gasteiger partial charge in [-0.05, 0) is 49.9 Å². The van der Waals surface area contributed by atoms with Crippen LogP contribution in [0.5, 0.6) is 5.75 Å². The quantitative estimate of drug-likeness (QED) is 0.312. The van der Waals surface area contributed by atoms with Crippen LogP contribution >= 0.6 is 11.6 Å². The van der Waals surface area contributed by atoms with Crippen LogP contribution in [0.15, 0.2) is 48.7 Å². The van der Waals surface area contributed by atoms with Crippen LogP contribution in [0.3, 0.4) is 0 Å². The number of Topliss-reactive ketones (excluding diaryl/α,β-unsaturated/α-hetero) is 1. The summed E-state index contributed by atoms with van der Waals surface area (Å²) in [6.07, 6.45) is 3.15. The number of amides is 1. The van der Waals surface area contributed by atoms with Crippen molar-refractivity contribution in [1.82, 2.24) is 14.9 Å². The molecule has 7 heteroatoms. The Morgan fingerprint density at radius 3 is 2.30 bits per heavy atom. The monoisotopic (exact) mass is 523 g/mol. The summed E-state index contributed by atoms with van der Waals surface area (Å²) in [5.41, 5.74) is 3.50. The number of carbonyl (C=O) groups excluding carboxylic acids is 2. The third-order valence-electron chi connectivity index (χ3n) is 6.16. The van der Waals surface area contributed by atoms with Crippen molar-refractivity contribution in [3.05, 3.63) is 70.6 Å². The first-order chi connectivity index (χ1) is 17.4. The molecule has 0 saturated heterocycles. The average Bonchev–Trinajstić information content (AvgIpc) is 3.22. The molecule has 0 unspecified atom stereocenters. The highest BCUT2D eigenvalue weighted by Crippen LogP contribution is 2.29. The van der Waals surface area contributed by atoms with E-state index in [4.69, 9.17) is 21.3 Å². The summed E-state index contributed by atoms with van der Waals surface area (Å²) in [6, 6.07) is 13.3. The fourth-order valence-corrected chi connectivity index (χ4v) is 4.66. The van der Waals surface area contributed by atoms with E-state index in [9.17, 15) is 9.59 Å². The van der Waals surface area contributed by atoms with Crippen molar-refractivity contribution in [3.63, 3.8) is 0 Å². The van der Waals surface area contributed by atoms with Gasteiger partial charge in [-0.25, -0.2) is 4.98 Å². The zero-order valence-electron chi connectivity index (χ0n) is 22.9. The van der Waals surface area contributed by atoms with Crippen LogP contribution in [0.4, 0.5) is 0 Å². The Morgan fingerprint density at radius 2 is 1.76 bits per heavy atom. The molecule has 2 aromatic carbocycles. The van der Waals surface area contributed by atoms with Crippen molar-refractivity contribution in [2.75, 3.05) is 7.05 Å². The largest absolute Gasteiger partial charge is 0.489 e. The van der Waals surface area contributed by atoms with E-state index in [1.54, 1.807) is 25.2 Å². The zero-order valence-corrected chi connectivity index (χ0v) is 23.6. The Hall–Kier alpha value is -3.12. The van der Waals surface area contributed by atoms with E-state index in [0.717, 1.165) is 22.6 Å². The Labute approximate surface area is 225 Å². The van der Waals surface area contributed by atoms with Gasteiger partial charge in [0, 0.05) is 49.7 Å². The molecule has 3 rings (SSSR count). The number of rotatable bonds is 10. The molecule has 0 aliphatic carbocycles. The minimum Gasteiger partial charge on any atom is -0.489 e. The van der Waals surface area contributed by atoms with E-state index in [2.05, 4.69) is 54.9 Å². The predicted octanol–water partition coefficient (Wildman–Crippen LogP) is 6.39. The van der Waals surface area contributed by atoms with Crippen molar-refractivity contribution in [2.24, 2.45) is 13.0 Å². The Kier molecular flexibility index (Phi) is 9.19. The van der Waals surface area contributed by atoms with E-state index in [1.165, 1.54) is 0 Å². The number of aryl methyl sites for hydroxylation is 1. The lowest BCUT2D eigenvalue weighted by Gasteiger charge is -2.17. The molecule has 0 saturated carbocycles. The van der Waals surface area contributed by atoms with E-state index in [0.29, 0.717) is 22.8 Å². The molecular formula is C30H38ClN3O3. The summed E-state index contributed by atoms with van der Waals surface area (Å²) >= 11 is 6.34. The van der Waals surface area contributed by atoms with Gasteiger partial charge in [-0.3, -0.25) is 9.59 Å². The molecule has 0 aliphatic heterocycles. The fourth-order valence-electron chi connectivity index (χ4n) is 4.43. The molecule has 0 bridgehead atoms. The second-order valence-electron chi connectivity index (χ2n) is 10.9. The van der Waals surface area contributed by atoms with Crippen LogP contribution in [0.1, 0.15) is 69.2 Å². The summed E-state index contributed by atoms with van der Waals surface area (Å²) in [6.45, 7) is 10.3. The molecule has 0 fully saturated rings. The zero-order chi connectivity index (χ0) is 27.3. The van der Waals surface area contributed by atoms with Crippen LogP contribution < -0.4 is 10.1 Å². The maximum Gasteiger partial charge on any atom is 0.220 e. The van der Waals surface area contributed by atoms with E-state index >= 15 is 0 Å². The number of ether oxygens (including phenoxy) is 1. The Morgan fingerprint density at radius 1 is 1.08 bits per heavy atom. The van der Waals surface area contributed by atoms with Crippen LogP contribution in [0.25, 0.3) is 11.3 Å². The van der Waals surface area contributed by atoms with Gasteiger partial charge in [-0.15, -0.1) is 0 Å². The summed E-state index contributed by atoms with van der Waals surface area (Å²) in [5, 5.41) is 3.09. The van der Waals surface area contributed by atoms with E-state index in [-0.39, 0.29) is 42.0 Å². The van der Waals surface area contributed by atoms with Gasteiger partial charge in [0.1, 0.15) is 11.6 Å². The normalized spacial score (nSPS) is 12.5. The van der Waals surface area contributed by atoms with Crippen LogP contribution in [-0.4, -0.2) is 34.4 Å². The van der Waals surface area contributed by atoms with Crippen LogP contribution in [0, 0.1) is 5.92 Å². The SMILES string of the molecule is CNC(=O)C[C@@H](CC(=O)c1ccc(OC(C)C)c(Cl)c1)Cc1ccc(-c2cn(C)c(C(C)(C)C)n2)cc1. The topological polar surface area (TPSA) is 73.2 Å². The number of halogens is 1. The summed E-state index contributed by atoms with van der Waals surface area (Å²) < 4.78 is 7.74. The molecule has 37 heavy (non-hydrogen) atoms. The van der Waals surface area contributed by atoms with Crippen molar-refractivity contribution in [1.29, 1.82) is 0 Å². The van der Waals surface area contributed by atoms with Gasteiger partial charge in [0.2, 0.25) is 5.91 Å². The van der Waals surface area contributed by atoms with Crippen molar-refractivity contribution < 1.29 is 14.3 Å². The number of nitrogens with one attached hydrogen (secondary N) is 1. The Balaban J connectivity index is 1.75. The fraction of sp³-hybridized carbons (Fsp3) is 0.433. The second-order valence-corrected chi connectivity index (χ2v) is 11.3. The third kappa shape index (κ3) is 7.68. The molecule has 198 valence electrons. The number of aromatic nitrogens is 2. The molecule has 3 aromatic rings. The first-order valence-corrected chi connectivity index (χ1v) is 13.1. The van der Waals surface area contributed by atoms with Crippen LogP contribution in [-0.2, 0) is 23.7 Å². The molecule has 1 atom stereocenters. The standard InChI is InChI=1S/C30H38ClN3O3/c1-19(2)37-27-13-12-23(17-24(27)31)26(35)15-21(16-28(36)32-6)14-20-8-10-22(11-9-20)25-18-34(7)29(33-25)30(3,4)5/h8-13,17-19,21H,14-16H2,1-7H3,(H,32,36)/t21-/m1/s1. The smallest absolute Gasteiger partial charge is 0.220 e. The van der Waals surface area contributed by atoms with E-state index in [1.807, 2.05) is 27.1 Å². The maximum atomic E-state index is 13.1. The molecule has 1 aromatic heterocycles. The highest BCUT2D eigenvalue weighted by Gasteiger charge is 2.22. The predicted molar refractivity (Wildman–Crippen MR) is 149 cm³/mol. The molecule has 0 spiro atoms. The first-order valence-electron chi connectivity index (χ1n) is 12.7. The molecule has 0 radical (unpaired) electrons. The van der Waals surface area contributed by atoms with Gasteiger partial charge < -0.3 is 14.6 Å². The third-order valence-corrected chi connectivity index (χ3v) is 6.46. The van der Waals surface area contributed by atoms with Gasteiger partial charge in [-0.1, -0.05) is 56.6 Å². The summed E-state index contributed by atoms with van der Waals surface area (Å²) in [5.74, 6) is 1.30. The van der Waals surface area contributed by atoms with Crippen molar-refractivity contribution >= 4 is 23.3 Å². The second kappa shape index (κ2) is 12.0. The maximum absolute atomic E-state index is 13.1. The molecule has 1 heterocycles. The average molecular weight is 524 g/mol.